The van der Waals surface area contributed by atoms with Crippen LogP contribution >= 0.6 is 35.1 Å². The normalized spacial score (nSPS) is 21.1. The molecule has 0 amide bonds. The van der Waals surface area contributed by atoms with Crippen molar-refractivity contribution >= 4 is 45.1 Å². The van der Waals surface area contributed by atoms with Crippen LogP contribution in [0.15, 0.2) is 0 Å². The van der Waals surface area contributed by atoms with E-state index in [4.69, 9.17) is 0 Å². The van der Waals surface area contributed by atoms with Gasteiger partial charge in [-0.15, -0.1) is 24.3 Å². The van der Waals surface area contributed by atoms with Gasteiger partial charge in [0.1, 0.15) is 0 Å². The predicted octanol–water partition coefficient (Wildman–Crippen LogP) is 3.40. The summed E-state index contributed by atoms with van der Waals surface area (Å²) in [6.45, 7) is 8.39. The number of thiol groups is 2. The molecule has 18 heavy (non-hydrogen) atoms. The monoisotopic (exact) mass is 329 g/mol. The summed E-state index contributed by atoms with van der Waals surface area (Å²) in [6.07, 6.45) is 2.78. The average molecular weight is 330 g/mol. The molecule has 1 rings (SSSR count). The summed E-state index contributed by atoms with van der Waals surface area (Å²) in [5.74, 6) is 0. The minimum Gasteiger partial charge on any atom is -0.210 e. The standard InChI is InChI=1S/C11H23NO2S4/c1-8(7-11(2,3)4)12(9-5-6-9)18(13,14)10(15)17-16/h8-10,15-16H,5-7H2,1-4H3/t8-,10+/m1/s1. The Balaban J connectivity index is 2.90. The van der Waals surface area contributed by atoms with Gasteiger partial charge in [0.2, 0.25) is 10.0 Å². The molecule has 7 heteroatoms. The van der Waals surface area contributed by atoms with Gasteiger partial charge in [0.25, 0.3) is 0 Å². The molecule has 0 aromatic heterocycles. The molecule has 1 aliphatic carbocycles. The third kappa shape index (κ3) is 4.51. The molecule has 0 aliphatic heterocycles. The fourth-order valence-electron chi connectivity index (χ4n) is 2.28. The molecule has 0 saturated heterocycles. The van der Waals surface area contributed by atoms with Crippen molar-refractivity contribution in [2.24, 2.45) is 5.41 Å². The fraction of sp³-hybridized carbons (Fsp3) is 1.00. The number of rotatable bonds is 6. The lowest BCUT2D eigenvalue weighted by atomic mass is 9.89. The van der Waals surface area contributed by atoms with E-state index < -0.39 is 13.9 Å². The molecule has 0 bridgehead atoms. The highest BCUT2D eigenvalue weighted by molar-refractivity contribution is 8.72. The van der Waals surface area contributed by atoms with E-state index in [0.717, 1.165) is 30.1 Å². The molecule has 0 radical (unpaired) electrons. The molecule has 1 fully saturated rings. The summed E-state index contributed by atoms with van der Waals surface area (Å²) in [5.41, 5.74) is 0.113. The Kier molecular flexibility index (Phi) is 5.82. The van der Waals surface area contributed by atoms with Gasteiger partial charge in [-0.1, -0.05) is 31.6 Å². The van der Waals surface area contributed by atoms with Gasteiger partial charge in [0.15, 0.2) is 3.91 Å². The second-order valence-corrected chi connectivity index (χ2v) is 10.9. The SMILES string of the molecule is C[C@H](CC(C)(C)C)N(C1CC1)S(=O)(=O)[C@@H](S)SS. The Morgan fingerprint density at radius 1 is 1.39 bits per heavy atom. The maximum absolute atomic E-state index is 12.5. The van der Waals surface area contributed by atoms with Crippen molar-refractivity contribution in [3.05, 3.63) is 0 Å². The number of nitrogens with zero attached hydrogens (tertiary/aromatic N) is 1. The van der Waals surface area contributed by atoms with E-state index in [1.54, 1.807) is 4.31 Å². The van der Waals surface area contributed by atoms with E-state index in [-0.39, 0.29) is 17.5 Å². The van der Waals surface area contributed by atoms with E-state index in [9.17, 15) is 8.42 Å². The van der Waals surface area contributed by atoms with Crippen molar-refractivity contribution in [1.82, 2.24) is 4.31 Å². The van der Waals surface area contributed by atoms with Crippen molar-refractivity contribution < 1.29 is 8.42 Å². The first-order valence-electron chi connectivity index (χ1n) is 6.10. The Morgan fingerprint density at radius 2 is 1.89 bits per heavy atom. The summed E-state index contributed by atoms with van der Waals surface area (Å²) in [6, 6.07) is 0.181. The molecule has 0 spiro atoms. The second-order valence-electron chi connectivity index (χ2n) is 6.13. The molecule has 1 aliphatic rings. The zero-order chi connectivity index (χ0) is 14.1. The predicted molar refractivity (Wildman–Crippen MR) is 86.7 cm³/mol. The van der Waals surface area contributed by atoms with Gasteiger partial charge in [-0.25, -0.2) is 8.42 Å². The average Bonchev–Trinajstić information content (AvgIpc) is 2.97. The first-order chi connectivity index (χ1) is 8.09. The largest absolute Gasteiger partial charge is 0.237 e. The molecular weight excluding hydrogens is 306 g/mol. The maximum Gasteiger partial charge on any atom is 0.237 e. The lowest BCUT2D eigenvalue weighted by Gasteiger charge is -2.33. The fourth-order valence-corrected chi connectivity index (χ4v) is 5.73. The summed E-state index contributed by atoms with van der Waals surface area (Å²) < 4.78 is 25.8. The van der Waals surface area contributed by atoms with Crippen molar-refractivity contribution in [2.45, 2.75) is 63.0 Å². The first kappa shape index (κ1) is 17.0. The number of sulfonamides is 1. The lowest BCUT2D eigenvalue weighted by Crippen LogP contribution is -2.44. The third-order valence-corrected chi connectivity index (χ3v) is 8.52. The Morgan fingerprint density at radius 3 is 2.22 bits per heavy atom. The van der Waals surface area contributed by atoms with Gasteiger partial charge < -0.3 is 0 Å². The highest BCUT2D eigenvalue weighted by atomic mass is 33.1. The van der Waals surface area contributed by atoms with Crippen molar-refractivity contribution in [3.63, 3.8) is 0 Å². The zero-order valence-corrected chi connectivity index (χ0v) is 14.7. The molecule has 3 nitrogen and oxygen atoms in total. The minimum atomic E-state index is -3.38. The van der Waals surface area contributed by atoms with Gasteiger partial charge in [-0.2, -0.15) is 4.31 Å². The molecule has 0 aromatic carbocycles. The van der Waals surface area contributed by atoms with Crippen LogP contribution in [-0.2, 0) is 10.0 Å². The lowest BCUT2D eigenvalue weighted by molar-refractivity contribution is 0.239. The Labute approximate surface area is 126 Å². The van der Waals surface area contributed by atoms with Crippen LogP contribution in [-0.4, -0.2) is 28.7 Å². The smallest absolute Gasteiger partial charge is 0.210 e. The quantitative estimate of drug-likeness (QED) is 0.445. The van der Waals surface area contributed by atoms with Crippen LogP contribution in [0.25, 0.3) is 0 Å². The summed E-state index contributed by atoms with van der Waals surface area (Å²) in [5, 5.41) is 0. The van der Waals surface area contributed by atoms with Crippen molar-refractivity contribution in [1.29, 1.82) is 0 Å². The first-order valence-corrected chi connectivity index (χ1v) is 10.1. The van der Waals surface area contributed by atoms with E-state index >= 15 is 0 Å². The highest BCUT2D eigenvalue weighted by Gasteiger charge is 2.43. The Bertz CT molecular complexity index is 373. The molecule has 108 valence electrons. The number of hydrogen-bond donors (Lipinski definition) is 2. The summed E-state index contributed by atoms with van der Waals surface area (Å²) in [4.78, 5) is 0. The van der Waals surface area contributed by atoms with E-state index in [2.05, 4.69) is 45.1 Å². The summed E-state index contributed by atoms with van der Waals surface area (Å²) in [7, 11) is -2.41. The molecule has 0 N–H and O–H groups in total. The van der Waals surface area contributed by atoms with Crippen molar-refractivity contribution in [2.75, 3.05) is 0 Å². The topological polar surface area (TPSA) is 37.4 Å². The second kappa shape index (κ2) is 6.16. The van der Waals surface area contributed by atoms with Crippen LogP contribution in [0.3, 0.4) is 0 Å². The number of hydrogen-bond acceptors (Lipinski definition) is 5. The van der Waals surface area contributed by atoms with Crippen molar-refractivity contribution in [3.8, 4) is 0 Å². The molecule has 2 atom stereocenters. The van der Waals surface area contributed by atoms with E-state index in [1.165, 1.54) is 0 Å². The van der Waals surface area contributed by atoms with Crippen LogP contribution < -0.4 is 0 Å². The van der Waals surface area contributed by atoms with Gasteiger partial charge >= 0.3 is 0 Å². The Hall–Kier alpha value is 0.960. The molecule has 0 unspecified atom stereocenters. The van der Waals surface area contributed by atoms with E-state index in [1.807, 2.05) is 6.92 Å². The van der Waals surface area contributed by atoms with Gasteiger partial charge in [0.05, 0.1) is 0 Å². The minimum absolute atomic E-state index is 0.0117. The molecule has 1 saturated carbocycles. The van der Waals surface area contributed by atoms with Crippen LogP contribution in [0.1, 0.15) is 47.0 Å². The van der Waals surface area contributed by atoms with Crippen LogP contribution in [0.5, 0.6) is 0 Å². The van der Waals surface area contributed by atoms with Crippen LogP contribution in [0.2, 0.25) is 0 Å². The van der Waals surface area contributed by atoms with E-state index in [0.29, 0.717) is 0 Å². The summed E-state index contributed by atoms with van der Waals surface area (Å²) >= 11 is 8.12. The van der Waals surface area contributed by atoms with Gasteiger partial charge in [-0.05, 0) is 31.6 Å². The maximum atomic E-state index is 12.5. The highest BCUT2D eigenvalue weighted by Crippen LogP contribution is 2.39. The van der Waals surface area contributed by atoms with Crippen LogP contribution in [0, 0.1) is 5.41 Å². The van der Waals surface area contributed by atoms with Crippen LogP contribution in [0.4, 0.5) is 0 Å². The third-order valence-electron chi connectivity index (χ3n) is 2.89. The molecular formula is C11H23NO2S4. The van der Waals surface area contributed by atoms with Gasteiger partial charge in [0, 0.05) is 12.1 Å². The zero-order valence-electron chi connectivity index (χ0n) is 11.3. The molecule has 0 heterocycles. The molecule has 0 aromatic rings. The van der Waals surface area contributed by atoms with Gasteiger partial charge in [-0.3, -0.25) is 0 Å².